The van der Waals surface area contributed by atoms with Gasteiger partial charge in [-0.1, -0.05) is 24.3 Å². The van der Waals surface area contributed by atoms with Crippen molar-refractivity contribution in [3.05, 3.63) is 62.3 Å². The molecule has 0 saturated carbocycles. The second kappa shape index (κ2) is 6.78. The Labute approximate surface area is 136 Å². The minimum absolute atomic E-state index is 0.0136. The Bertz CT molecular complexity index is 950. The van der Waals surface area contributed by atoms with Gasteiger partial charge in [-0.3, -0.25) is 13.9 Å². The zero-order chi connectivity index (χ0) is 17.9. The van der Waals surface area contributed by atoms with E-state index in [9.17, 15) is 14.4 Å². The average molecular weight is 328 g/mol. The summed E-state index contributed by atoms with van der Waals surface area (Å²) < 4.78 is 2.08. The van der Waals surface area contributed by atoms with Gasteiger partial charge in [0, 0.05) is 26.4 Å². The third-order valence-corrected chi connectivity index (χ3v) is 3.38. The molecule has 2 rings (SSSR count). The number of nitrogen functional groups attached to an aromatic ring is 1. The predicted molar refractivity (Wildman–Crippen MR) is 91.7 cm³/mol. The van der Waals surface area contributed by atoms with Gasteiger partial charge in [-0.05, 0) is 17.2 Å². The minimum Gasteiger partial charge on any atom is -0.478 e. The monoisotopic (exact) mass is 328 g/mol. The van der Waals surface area contributed by atoms with Crippen molar-refractivity contribution in [3.63, 3.8) is 0 Å². The quantitative estimate of drug-likeness (QED) is 0.626. The van der Waals surface area contributed by atoms with E-state index in [1.165, 1.54) is 26.4 Å². The molecule has 1 aromatic heterocycles. The average Bonchev–Trinajstić information content (AvgIpc) is 2.57. The number of rotatable bonds is 4. The molecule has 0 aliphatic heterocycles. The lowest BCUT2D eigenvalue weighted by atomic mass is 10.1. The van der Waals surface area contributed by atoms with E-state index >= 15 is 0 Å². The molecular weight excluding hydrogens is 312 g/mol. The summed E-state index contributed by atoms with van der Waals surface area (Å²) in [6, 6.07) is 6.85. The summed E-state index contributed by atoms with van der Waals surface area (Å²) in [6.45, 7) is 0. The SMILES string of the molecule is Cn1c(N)c(N=Cc2ccc(/C=C/C(=O)O)cc2)c(=O)n(C)c1=O. The first-order valence-corrected chi connectivity index (χ1v) is 6.92. The van der Waals surface area contributed by atoms with Crippen LogP contribution in [0.5, 0.6) is 0 Å². The van der Waals surface area contributed by atoms with Crippen molar-refractivity contribution in [1.82, 2.24) is 9.13 Å². The number of aliphatic imine (C=N–C) groups is 1. The van der Waals surface area contributed by atoms with Crippen LogP contribution in [0, 0.1) is 0 Å². The molecule has 0 fully saturated rings. The molecule has 1 heterocycles. The van der Waals surface area contributed by atoms with Gasteiger partial charge in [0.05, 0.1) is 0 Å². The molecule has 8 heteroatoms. The van der Waals surface area contributed by atoms with Crippen molar-refractivity contribution >= 4 is 29.8 Å². The summed E-state index contributed by atoms with van der Waals surface area (Å²) >= 11 is 0. The van der Waals surface area contributed by atoms with Crippen molar-refractivity contribution in [2.24, 2.45) is 19.1 Å². The van der Waals surface area contributed by atoms with Crippen molar-refractivity contribution in [2.75, 3.05) is 5.73 Å². The normalized spacial score (nSPS) is 11.4. The van der Waals surface area contributed by atoms with Crippen molar-refractivity contribution in [3.8, 4) is 0 Å². The van der Waals surface area contributed by atoms with E-state index in [1.807, 2.05) is 0 Å². The molecule has 0 spiro atoms. The van der Waals surface area contributed by atoms with Crippen molar-refractivity contribution in [1.29, 1.82) is 0 Å². The standard InChI is InChI=1S/C16H16N4O4/c1-19-14(17)13(15(23)20(2)16(19)24)18-9-11-5-3-10(4-6-11)7-8-12(21)22/h3-9H,17H2,1-2H3,(H,21,22)/b8-7+,18-9?. The summed E-state index contributed by atoms with van der Waals surface area (Å²) in [4.78, 5) is 38.4. The van der Waals surface area contributed by atoms with Gasteiger partial charge in [-0.15, -0.1) is 0 Å². The Hall–Kier alpha value is -3.42. The van der Waals surface area contributed by atoms with Crippen LogP contribution in [0.25, 0.3) is 6.08 Å². The molecule has 8 nitrogen and oxygen atoms in total. The number of nitrogens with zero attached hydrogens (tertiary/aromatic N) is 3. The minimum atomic E-state index is -1.03. The van der Waals surface area contributed by atoms with E-state index < -0.39 is 17.2 Å². The summed E-state index contributed by atoms with van der Waals surface area (Å²) in [7, 11) is 2.81. The molecule has 0 saturated heterocycles. The van der Waals surface area contributed by atoms with Crippen LogP contribution in [-0.4, -0.2) is 26.4 Å². The number of nitrogens with two attached hydrogens (primary N) is 1. The zero-order valence-corrected chi connectivity index (χ0v) is 13.1. The van der Waals surface area contributed by atoms with Crippen LogP contribution in [-0.2, 0) is 18.9 Å². The van der Waals surface area contributed by atoms with Crippen molar-refractivity contribution < 1.29 is 9.90 Å². The molecule has 1 aromatic carbocycles. The first-order valence-electron chi connectivity index (χ1n) is 6.92. The molecule has 0 unspecified atom stereocenters. The van der Waals surface area contributed by atoms with Crippen LogP contribution in [0.2, 0.25) is 0 Å². The van der Waals surface area contributed by atoms with Crippen LogP contribution in [0.4, 0.5) is 11.5 Å². The van der Waals surface area contributed by atoms with Gasteiger partial charge in [0.1, 0.15) is 5.82 Å². The molecule has 0 atom stereocenters. The summed E-state index contributed by atoms with van der Waals surface area (Å²) in [5.74, 6) is -1.04. The first kappa shape index (κ1) is 16.9. The van der Waals surface area contributed by atoms with Gasteiger partial charge in [-0.2, -0.15) is 0 Å². The maximum atomic E-state index is 12.1. The lowest BCUT2D eigenvalue weighted by Gasteiger charge is -2.08. The van der Waals surface area contributed by atoms with Gasteiger partial charge in [0.25, 0.3) is 5.56 Å². The highest BCUT2D eigenvalue weighted by molar-refractivity contribution is 5.86. The van der Waals surface area contributed by atoms with Crippen LogP contribution in [0.15, 0.2) is 44.9 Å². The van der Waals surface area contributed by atoms with Crippen LogP contribution < -0.4 is 17.0 Å². The second-order valence-corrected chi connectivity index (χ2v) is 5.04. The van der Waals surface area contributed by atoms with Gasteiger partial charge >= 0.3 is 11.7 Å². The van der Waals surface area contributed by atoms with E-state index in [4.69, 9.17) is 10.8 Å². The van der Waals surface area contributed by atoms with E-state index in [1.54, 1.807) is 24.3 Å². The molecule has 0 aliphatic rings. The van der Waals surface area contributed by atoms with Gasteiger partial charge in [0.2, 0.25) is 0 Å². The number of carboxylic acid groups (broad SMARTS) is 1. The maximum Gasteiger partial charge on any atom is 0.332 e. The number of carboxylic acids is 1. The number of aliphatic carboxylic acids is 1. The van der Waals surface area contributed by atoms with Gasteiger partial charge in [-0.25, -0.2) is 14.6 Å². The van der Waals surface area contributed by atoms with E-state index in [0.29, 0.717) is 11.1 Å². The Balaban J connectivity index is 2.34. The highest BCUT2D eigenvalue weighted by atomic mass is 16.4. The Morgan fingerprint density at radius 1 is 1.12 bits per heavy atom. The van der Waals surface area contributed by atoms with Crippen LogP contribution in [0.3, 0.4) is 0 Å². The smallest absolute Gasteiger partial charge is 0.332 e. The highest BCUT2D eigenvalue weighted by Crippen LogP contribution is 2.13. The topological polar surface area (TPSA) is 120 Å². The third kappa shape index (κ3) is 3.49. The molecule has 0 amide bonds. The number of hydrogen-bond acceptors (Lipinski definition) is 5. The Morgan fingerprint density at radius 2 is 1.71 bits per heavy atom. The summed E-state index contributed by atoms with van der Waals surface area (Å²) in [6.07, 6.45) is 3.95. The fourth-order valence-electron chi connectivity index (χ4n) is 1.96. The molecule has 3 N–H and O–H groups in total. The van der Waals surface area contributed by atoms with Gasteiger partial charge in [0.15, 0.2) is 5.69 Å². The number of benzene rings is 1. The number of carbonyl (C=O) groups is 1. The fourth-order valence-corrected chi connectivity index (χ4v) is 1.96. The Kier molecular flexibility index (Phi) is 4.78. The lowest BCUT2D eigenvalue weighted by molar-refractivity contribution is -0.131. The molecule has 0 aliphatic carbocycles. The predicted octanol–water partition coefficient (Wildman–Crippen LogP) is 0.515. The van der Waals surface area contributed by atoms with Crippen molar-refractivity contribution in [2.45, 2.75) is 0 Å². The fraction of sp³-hybridized carbons (Fsp3) is 0.125. The van der Waals surface area contributed by atoms with E-state index in [-0.39, 0.29) is 11.5 Å². The third-order valence-electron chi connectivity index (χ3n) is 3.38. The molecule has 0 bridgehead atoms. The summed E-state index contributed by atoms with van der Waals surface area (Å²) in [5, 5.41) is 8.58. The molecule has 0 radical (unpaired) electrons. The first-order chi connectivity index (χ1) is 11.3. The highest BCUT2D eigenvalue weighted by Gasteiger charge is 2.11. The number of aromatic nitrogens is 2. The maximum absolute atomic E-state index is 12.1. The Morgan fingerprint density at radius 3 is 2.29 bits per heavy atom. The largest absolute Gasteiger partial charge is 0.478 e. The molecule has 2 aromatic rings. The summed E-state index contributed by atoms with van der Waals surface area (Å²) in [5.41, 5.74) is 6.07. The van der Waals surface area contributed by atoms with Crippen LogP contribution in [0.1, 0.15) is 11.1 Å². The van der Waals surface area contributed by atoms with Crippen LogP contribution >= 0.6 is 0 Å². The zero-order valence-electron chi connectivity index (χ0n) is 13.1. The lowest BCUT2D eigenvalue weighted by Crippen LogP contribution is -2.37. The van der Waals surface area contributed by atoms with Gasteiger partial charge < -0.3 is 10.8 Å². The number of anilines is 1. The number of hydrogen-bond donors (Lipinski definition) is 2. The van der Waals surface area contributed by atoms with E-state index in [2.05, 4.69) is 4.99 Å². The van der Waals surface area contributed by atoms with E-state index in [0.717, 1.165) is 15.2 Å². The molecule has 124 valence electrons. The second-order valence-electron chi connectivity index (χ2n) is 5.04. The molecular formula is C16H16N4O4. The molecule has 24 heavy (non-hydrogen) atoms.